The lowest BCUT2D eigenvalue weighted by molar-refractivity contribution is 1.08. The second-order valence-electron chi connectivity index (χ2n) is 2.98. The van der Waals surface area contributed by atoms with Gasteiger partial charge in [-0.25, -0.2) is 0 Å². The SMILES string of the molecule is CCc1ccccc1-c1ccn[nH]1. The molecule has 0 aliphatic rings. The van der Waals surface area contributed by atoms with Crippen LogP contribution in [-0.4, -0.2) is 10.2 Å². The molecule has 0 amide bonds. The summed E-state index contributed by atoms with van der Waals surface area (Å²) in [5, 5.41) is 6.93. The van der Waals surface area contributed by atoms with E-state index in [-0.39, 0.29) is 0 Å². The largest absolute Gasteiger partial charge is 0.278 e. The van der Waals surface area contributed by atoms with Crippen LogP contribution in [0.25, 0.3) is 11.3 Å². The van der Waals surface area contributed by atoms with Crippen molar-refractivity contribution in [2.45, 2.75) is 13.3 Å². The first-order chi connectivity index (χ1) is 6.42. The highest BCUT2D eigenvalue weighted by molar-refractivity contribution is 5.62. The van der Waals surface area contributed by atoms with Crippen LogP contribution in [-0.2, 0) is 6.42 Å². The fourth-order valence-corrected chi connectivity index (χ4v) is 1.50. The van der Waals surface area contributed by atoms with Gasteiger partial charge in [0, 0.05) is 11.8 Å². The van der Waals surface area contributed by atoms with E-state index in [1.807, 2.05) is 6.07 Å². The molecule has 1 aromatic heterocycles. The van der Waals surface area contributed by atoms with Crippen LogP contribution >= 0.6 is 0 Å². The highest BCUT2D eigenvalue weighted by atomic mass is 15.1. The summed E-state index contributed by atoms with van der Waals surface area (Å²) in [5.74, 6) is 0. The summed E-state index contributed by atoms with van der Waals surface area (Å²) in [6.07, 6.45) is 2.83. The number of benzene rings is 1. The molecule has 2 rings (SSSR count). The molecule has 1 N–H and O–H groups in total. The van der Waals surface area contributed by atoms with E-state index >= 15 is 0 Å². The van der Waals surface area contributed by atoms with Gasteiger partial charge in [0.15, 0.2) is 0 Å². The Labute approximate surface area is 77.6 Å². The minimum Gasteiger partial charge on any atom is -0.278 e. The van der Waals surface area contributed by atoms with Crippen molar-refractivity contribution >= 4 is 0 Å². The zero-order valence-electron chi connectivity index (χ0n) is 7.62. The summed E-state index contributed by atoms with van der Waals surface area (Å²) in [4.78, 5) is 0. The normalized spacial score (nSPS) is 10.2. The van der Waals surface area contributed by atoms with Gasteiger partial charge in [-0.2, -0.15) is 5.10 Å². The minimum atomic E-state index is 1.05. The molecule has 0 aliphatic carbocycles. The molecule has 0 spiro atoms. The standard InChI is InChI=1S/C11H12N2/c1-2-9-5-3-4-6-10(9)11-7-8-12-13-11/h3-8H,2H2,1H3,(H,12,13). The number of H-pyrrole nitrogens is 1. The van der Waals surface area contributed by atoms with Gasteiger partial charge in [-0.1, -0.05) is 31.2 Å². The number of nitrogens with one attached hydrogen (secondary N) is 1. The van der Waals surface area contributed by atoms with E-state index in [1.54, 1.807) is 6.20 Å². The van der Waals surface area contributed by atoms with Gasteiger partial charge in [-0.15, -0.1) is 0 Å². The molecule has 0 saturated carbocycles. The van der Waals surface area contributed by atoms with Crippen molar-refractivity contribution in [1.82, 2.24) is 10.2 Å². The number of aromatic amines is 1. The van der Waals surface area contributed by atoms with E-state index in [1.165, 1.54) is 11.1 Å². The highest BCUT2D eigenvalue weighted by Gasteiger charge is 2.02. The zero-order valence-corrected chi connectivity index (χ0v) is 7.62. The number of rotatable bonds is 2. The maximum atomic E-state index is 3.95. The fraction of sp³-hybridized carbons (Fsp3) is 0.182. The van der Waals surface area contributed by atoms with Crippen molar-refractivity contribution in [3.05, 3.63) is 42.1 Å². The second kappa shape index (κ2) is 3.44. The van der Waals surface area contributed by atoms with Crippen molar-refractivity contribution in [2.24, 2.45) is 0 Å². The monoisotopic (exact) mass is 172 g/mol. The van der Waals surface area contributed by atoms with E-state index in [0.29, 0.717) is 0 Å². The van der Waals surface area contributed by atoms with Crippen LogP contribution < -0.4 is 0 Å². The molecule has 0 aliphatic heterocycles. The quantitative estimate of drug-likeness (QED) is 0.741. The van der Waals surface area contributed by atoms with Crippen LogP contribution in [0.3, 0.4) is 0 Å². The van der Waals surface area contributed by atoms with Crippen LogP contribution in [0, 0.1) is 0 Å². The number of hydrogen-bond donors (Lipinski definition) is 1. The third kappa shape index (κ3) is 1.47. The van der Waals surface area contributed by atoms with E-state index in [2.05, 4.69) is 41.4 Å². The Bertz CT molecular complexity index is 377. The Morgan fingerprint density at radius 1 is 1.23 bits per heavy atom. The van der Waals surface area contributed by atoms with Gasteiger partial charge in [0.2, 0.25) is 0 Å². The minimum absolute atomic E-state index is 1.05. The molecule has 66 valence electrons. The number of aryl methyl sites for hydroxylation is 1. The molecular weight excluding hydrogens is 160 g/mol. The lowest BCUT2D eigenvalue weighted by Crippen LogP contribution is -1.86. The van der Waals surface area contributed by atoms with Gasteiger partial charge >= 0.3 is 0 Å². The van der Waals surface area contributed by atoms with E-state index in [9.17, 15) is 0 Å². The smallest absolute Gasteiger partial charge is 0.0652 e. The zero-order chi connectivity index (χ0) is 9.10. The Balaban J connectivity index is 2.51. The molecule has 2 heteroatoms. The van der Waals surface area contributed by atoms with Gasteiger partial charge in [0.05, 0.1) is 5.69 Å². The van der Waals surface area contributed by atoms with Crippen molar-refractivity contribution in [3.63, 3.8) is 0 Å². The molecule has 2 aromatic rings. The average Bonchev–Trinajstić information content (AvgIpc) is 2.70. The predicted octanol–water partition coefficient (Wildman–Crippen LogP) is 2.64. The summed E-state index contributed by atoms with van der Waals surface area (Å²) in [5.41, 5.74) is 3.70. The van der Waals surface area contributed by atoms with Crippen molar-refractivity contribution in [1.29, 1.82) is 0 Å². The Morgan fingerprint density at radius 2 is 2.08 bits per heavy atom. The van der Waals surface area contributed by atoms with E-state index < -0.39 is 0 Å². The molecular formula is C11H12N2. The Morgan fingerprint density at radius 3 is 2.77 bits per heavy atom. The summed E-state index contributed by atoms with van der Waals surface area (Å²) in [7, 11) is 0. The van der Waals surface area contributed by atoms with Crippen LogP contribution in [0.5, 0.6) is 0 Å². The molecule has 1 aromatic carbocycles. The average molecular weight is 172 g/mol. The first kappa shape index (κ1) is 8.05. The first-order valence-corrected chi connectivity index (χ1v) is 4.49. The fourth-order valence-electron chi connectivity index (χ4n) is 1.50. The van der Waals surface area contributed by atoms with Crippen LogP contribution in [0.2, 0.25) is 0 Å². The van der Waals surface area contributed by atoms with Gasteiger partial charge in [-0.3, -0.25) is 5.10 Å². The maximum absolute atomic E-state index is 3.95. The molecule has 2 nitrogen and oxygen atoms in total. The third-order valence-electron chi connectivity index (χ3n) is 2.19. The first-order valence-electron chi connectivity index (χ1n) is 4.49. The van der Waals surface area contributed by atoms with Crippen molar-refractivity contribution < 1.29 is 0 Å². The van der Waals surface area contributed by atoms with Crippen LogP contribution in [0.1, 0.15) is 12.5 Å². The third-order valence-corrected chi connectivity index (χ3v) is 2.19. The highest BCUT2D eigenvalue weighted by Crippen LogP contribution is 2.21. The molecule has 0 saturated heterocycles. The second-order valence-corrected chi connectivity index (χ2v) is 2.98. The van der Waals surface area contributed by atoms with Gasteiger partial charge < -0.3 is 0 Å². The molecule has 13 heavy (non-hydrogen) atoms. The van der Waals surface area contributed by atoms with Crippen molar-refractivity contribution in [2.75, 3.05) is 0 Å². The lowest BCUT2D eigenvalue weighted by atomic mass is 10.0. The predicted molar refractivity (Wildman–Crippen MR) is 53.4 cm³/mol. The summed E-state index contributed by atoms with van der Waals surface area (Å²) >= 11 is 0. The molecule has 0 radical (unpaired) electrons. The molecule has 0 bridgehead atoms. The lowest BCUT2D eigenvalue weighted by Gasteiger charge is -2.03. The van der Waals surface area contributed by atoms with E-state index in [4.69, 9.17) is 0 Å². The summed E-state index contributed by atoms with van der Waals surface area (Å²) in [6.45, 7) is 2.16. The summed E-state index contributed by atoms with van der Waals surface area (Å²) < 4.78 is 0. The van der Waals surface area contributed by atoms with Gasteiger partial charge in [0.1, 0.15) is 0 Å². The molecule has 1 heterocycles. The number of aromatic nitrogens is 2. The topological polar surface area (TPSA) is 28.7 Å². The van der Waals surface area contributed by atoms with Crippen molar-refractivity contribution in [3.8, 4) is 11.3 Å². The molecule has 0 atom stereocenters. The Hall–Kier alpha value is -1.57. The van der Waals surface area contributed by atoms with Crippen LogP contribution in [0.15, 0.2) is 36.5 Å². The van der Waals surface area contributed by atoms with Gasteiger partial charge in [-0.05, 0) is 18.1 Å². The van der Waals surface area contributed by atoms with E-state index in [0.717, 1.165) is 12.1 Å². The number of hydrogen-bond acceptors (Lipinski definition) is 1. The Kier molecular flexibility index (Phi) is 2.13. The van der Waals surface area contributed by atoms with Crippen LogP contribution in [0.4, 0.5) is 0 Å². The number of nitrogens with zero attached hydrogens (tertiary/aromatic N) is 1. The maximum Gasteiger partial charge on any atom is 0.0652 e. The van der Waals surface area contributed by atoms with Gasteiger partial charge in [0.25, 0.3) is 0 Å². The summed E-state index contributed by atoms with van der Waals surface area (Å²) in [6, 6.07) is 10.4. The molecule has 0 fully saturated rings. The molecule has 0 unspecified atom stereocenters.